The van der Waals surface area contributed by atoms with Crippen molar-refractivity contribution in [2.45, 2.75) is 26.3 Å². The molecule has 0 spiro atoms. The summed E-state index contributed by atoms with van der Waals surface area (Å²) in [6.45, 7) is 3.96. The third-order valence-electron chi connectivity index (χ3n) is 3.67. The Morgan fingerprint density at radius 3 is 2.33 bits per heavy atom. The van der Waals surface area contributed by atoms with E-state index >= 15 is 0 Å². The third-order valence-corrected chi connectivity index (χ3v) is 3.96. The van der Waals surface area contributed by atoms with E-state index in [1.165, 1.54) is 0 Å². The molecular formula is C16H17ClF2N2. The zero-order valence-corrected chi connectivity index (χ0v) is 12.6. The molecule has 2 aromatic rings. The molecule has 1 unspecified atom stereocenters. The zero-order valence-electron chi connectivity index (χ0n) is 11.9. The Hall–Kier alpha value is -1.49. The van der Waals surface area contributed by atoms with Crippen LogP contribution in [0, 0.1) is 25.5 Å². The first-order chi connectivity index (χ1) is 9.93. The molecule has 1 atom stereocenters. The van der Waals surface area contributed by atoms with Crippen LogP contribution in [0.3, 0.4) is 0 Å². The maximum absolute atomic E-state index is 14.0. The summed E-state index contributed by atoms with van der Waals surface area (Å²) < 4.78 is 27.6. The Bertz CT molecular complexity index is 639. The molecule has 2 rings (SSSR count). The van der Waals surface area contributed by atoms with E-state index in [4.69, 9.17) is 17.4 Å². The molecule has 0 aliphatic rings. The molecule has 0 saturated carbocycles. The van der Waals surface area contributed by atoms with Crippen LogP contribution in [0.2, 0.25) is 5.02 Å². The lowest BCUT2D eigenvalue weighted by atomic mass is 9.93. The van der Waals surface area contributed by atoms with Crippen molar-refractivity contribution < 1.29 is 8.78 Å². The maximum atomic E-state index is 14.0. The van der Waals surface area contributed by atoms with Gasteiger partial charge in [0, 0.05) is 5.56 Å². The molecule has 0 fully saturated rings. The Morgan fingerprint density at radius 1 is 1.14 bits per heavy atom. The minimum absolute atomic E-state index is 0.169. The fourth-order valence-electron chi connectivity index (χ4n) is 2.44. The molecule has 2 aromatic carbocycles. The van der Waals surface area contributed by atoms with Gasteiger partial charge in [-0.15, -0.1) is 0 Å². The van der Waals surface area contributed by atoms with Gasteiger partial charge in [0.2, 0.25) is 0 Å². The van der Waals surface area contributed by atoms with E-state index in [1.807, 2.05) is 32.0 Å². The highest BCUT2D eigenvalue weighted by molar-refractivity contribution is 6.30. The maximum Gasteiger partial charge on any atom is 0.142 e. The van der Waals surface area contributed by atoms with E-state index in [2.05, 4.69) is 5.43 Å². The Balaban J connectivity index is 2.39. The lowest BCUT2D eigenvalue weighted by molar-refractivity contribution is 0.501. The summed E-state index contributed by atoms with van der Waals surface area (Å²) in [5.74, 6) is 4.31. The predicted molar refractivity (Wildman–Crippen MR) is 81.1 cm³/mol. The normalized spacial score (nSPS) is 12.5. The first-order valence-electron chi connectivity index (χ1n) is 6.59. The highest BCUT2D eigenvalue weighted by Gasteiger charge is 2.19. The molecule has 3 N–H and O–H groups in total. The van der Waals surface area contributed by atoms with Crippen LogP contribution >= 0.6 is 11.6 Å². The topological polar surface area (TPSA) is 38.0 Å². The van der Waals surface area contributed by atoms with Gasteiger partial charge in [-0.25, -0.2) is 8.78 Å². The van der Waals surface area contributed by atoms with Crippen molar-refractivity contribution in [3.63, 3.8) is 0 Å². The van der Waals surface area contributed by atoms with Crippen molar-refractivity contribution >= 4 is 11.6 Å². The average molecular weight is 311 g/mol. The van der Waals surface area contributed by atoms with Gasteiger partial charge in [0.05, 0.1) is 11.1 Å². The van der Waals surface area contributed by atoms with Crippen LogP contribution in [0.4, 0.5) is 8.78 Å². The second-order valence-electron chi connectivity index (χ2n) is 5.08. The number of nitrogens with two attached hydrogens (primary N) is 1. The number of halogens is 3. The van der Waals surface area contributed by atoms with Gasteiger partial charge in [0.15, 0.2) is 0 Å². The van der Waals surface area contributed by atoms with E-state index in [9.17, 15) is 8.78 Å². The summed E-state index contributed by atoms with van der Waals surface area (Å²) in [7, 11) is 0. The van der Waals surface area contributed by atoms with E-state index in [1.54, 1.807) is 0 Å². The van der Waals surface area contributed by atoms with Crippen LogP contribution in [-0.2, 0) is 6.42 Å². The number of hydrogen-bond donors (Lipinski definition) is 2. The first-order valence-corrected chi connectivity index (χ1v) is 6.97. The highest BCUT2D eigenvalue weighted by Crippen LogP contribution is 2.27. The smallest absolute Gasteiger partial charge is 0.142 e. The van der Waals surface area contributed by atoms with Crippen LogP contribution in [-0.4, -0.2) is 0 Å². The lowest BCUT2D eigenvalue weighted by Crippen LogP contribution is -2.30. The van der Waals surface area contributed by atoms with E-state index in [0.29, 0.717) is 6.42 Å². The summed E-state index contributed by atoms with van der Waals surface area (Å²) in [5, 5.41) is -0.237. The summed E-state index contributed by atoms with van der Waals surface area (Å²) in [5.41, 5.74) is 5.97. The molecule has 5 heteroatoms. The fraction of sp³-hybridized carbons (Fsp3) is 0.250. The molecule has 0 bridgehead atoms. The monoisotopic (exact) mass is 310 g/mol. The van der Waals surface area contributed by atoms with Crippen LogP contribution < -0.4 is 11.3 Å². The molecule has 0 aliphatic heterocycles. The minimum atomic E-state index is -0.658. The van der Waals surface area contributed by atoms with E-state index in [0.717, 1.165) is 28.8 Å². The molecule has 0 aromatic heterocycles. The second-order valence-corrected chi connectivity index (χ2v) is 5.49. The Morgan fingerprint density at radius 2 is 1.76 bits per heavy atom. The summed E-state index contributed by atoms with van der Waals surface area (Å²) >= 11 is 5.58. The number of benzene rings is 2. The predicted octanol–water partition coefficient (Wildman–Crippen LogP) is 3.98. The Labute approximate surface area is 127 Å². The lowest BCUT2D eigenvalue weighted by Gasteiger charge is -2.20. The van der Waals surface area contributed by atoms with Crippen LogP contribution in [0.15, 0.2) is 30.3 Å². The molecule has 0 amide bonds. The minimum Gasteiger partial charge on any atom is -0.271 e. The third kappa shape index (κ3) is 3.40. The first kappa shape index (κ1) is 15.9. The van der Waals surface area contributed by atoms with Gasteiger partial charge in [-0.2, -0.15) is 0 Å². The largest absolute Gasteiger partial charge is 0.271 e. The van der Waals surface area contributed by atoms with Crippen molar-refractivity contribution in [1.82, 2.24) is 5.43 Å². The molecular weight excluding hydrogens is 294 g/mol. The van der Waals surface area contributed by atoms with Gasteiger partial charge in [0.25, 0.3) is 0 Å². The molecule has 0 saturated heterocycles. The fourth-order valence-corrected chi connectivity index (χ4v) is 2.59. The van der Waals surface area contributed by atoms with Crippen molar-refractivity contribution in [2.75, 3.05) is 0 Å². The van der Waals surface area contributed by atoms with Crippen LogP contribution in [0.1, 0.15) is 28.3 Å². The van der Waals surface area contributed by atoms with Crippen molar-refractivity contribution in [1.29, 1.82) is 0 Å². The van der Waals surface area contributed by atoms with Gasteiger partial charge in [-0.05, 0) is 49.1 Å². The average Bonchev–Trinajstić information content (AvgIpc) is 2.43. The quantitative estimate of drug-likeness (QED) is 0.509. The number of nitrogens with one attached hydrogen (secondary N) is 1. The second kappa shape index (κ2) is 6.52. The SMILES string of the molecule is Cc1cccc(C)c1CC(NN)c1cc(F)c(Cl)cc1F. The molecule has 0 aliphatic carbocycles. The van der Waals surface area contributed by atoms with Crippen LogP contribution in [0.25, 0.3) is 0 Å². The van der Waals surface area contributed by atoms with Crippen molar-refractivity contribution in [2.24, 2.45) is 5.84 Å². The molecule has 0 heterocycles. The highest BCUT2D eigenvalue weighted by atomic mass is 35.5. The van der Waals surface area contributed by atoms with E-state index in [-0.39, 0.29) is 10.6 Å². The molecule has 2 nitrogen and oxygen atoms in total. The molecule has 0 radical (unpaired) electrons. The number of hydrogen-bond acceptors (Lipinski definition) is 2. The number of aryl methyl sites for hydroxylation is 2. The van der Waals surface area contributed by atoms with Gasteiger partial charge < -0.3 is 0 Å². The number of rotatable bonds is 4. The molecule has 21 heavy (non-hydrogen) atoms. The standard InChI is InChI=1S/C16H17ClF2N2/c1-9-4-3-5-10(2)11(9)7-16(21-20)12-6-15(19)13(17)8-14(12)18/h3-6,8,16,21H,7,20H2,1-2H3. The summed E-state index contributed by atoms with van der Waals surface area (Å²) in [6, 6.07) is 7.46. The summed E-state index contributed by atoms with van der Waals surface area (Å²) in [4.78, 5) is 0. The van der Waals surface area contributed by atoms with Crippen LogP contribution in [0.5, 0.6) is 0 Å². The Kier molecular flexibility index (Phi) is 4.93. The molecule has 112 valence electrons. The van der Waals surface area contributed by atoms with Gasteiger partial charge >= 0.3 is 0 Å². The zero-order chi connectivity index (χ0) is 15.6. The van der Waals surface area contributed by atoms with Gasteiger partial charge in [-0.3, -0.25) is 11.3 Å². The van der Waals surface area contributed by atoms with Gasteiger partial charge in [-0.1, -0.05) is 29.8 Å². The van der Waals surface area contributed by atoms with E-state index < -0.39 is 17.7 Å². The van der Waals surface area contributed by atoms with Gasteiger partial charge in [0.1, 0.15) is 11.6 Å². The van der Waals surface area contributed by atoms with Crippen molar-refractivity contribution in [3.8, 4) is 0 Å². The summed E-state index contributed by atoms with van der Waals surface area (Å²) in [6.07, 6.45) is 0.465. The number of hydrazine groups is 1. The van der Waals surface area contributed by atoms with Crippen molar-refractivity contribution in [3.05, 3.63) is 69.2 Å².